The van der Waals surface area contributed by atoms with Crippen LogP contribution in [-0.2, 0) is 28.8 Å². The number of allylic oxidation sites excluding steroid dienone is 1. The van der Waals surface area contributed by atoms with Crippen LogP contribution in [0.3, 0.4) is 0 Å². The Morgan fingerprint density at radius 2 is 1.49 bits per heavy atom. The van der Waals surface area contributed by atoms with Crippen LogP contribution < -0.4 is 36.5 Å². The van der Waals surface area contributed by atoms with Crippen LogP contribution in [0.15, 0.2) is 29.8 Å². The van der Waals surface area contributed by atoms with Gasteiger partial charge in [0.2, 0.25) is 29.4 Å². The summed E-state index contributed by atoms with van der Waals surface area (Å²) in [4.78, 5) is 105. The molecule has 2 aromatic rings. The summed E-state index contributed by atoms with van der Waals surface area (Å²) in [5.41, 5.74) is 2.29. The third kappa shape index (κ3) is 11.0. The molecule has 22 heteroatoms. The third-order valence-corrected chi connectivity index (χ3v) is 9.93. The number of rotatable bonds is 18. The molecule has 2 aliphatic rings. The molecule has 1 fully saturated rings. The van der Waals surface area contributed by atoms with Crippen LogP contribution in [0.4, 0.5) is 17.6 Å². The number of carbonyl (C=O) groups excluding carboxylic acids is 7. The summed E-state index contributed by atoms with van der Waals surface area (Å²) in [5, 5.41) is 29.0. The van der Waals surface area contributed by atoms with Crippen LogP contribution in [0, 0.1) is 23.3 Å². The van der Waals surface area contributed by atoms with Crippen molar-refractivity contribution in [3.05, 3.63) is 69.8 Å². The van der Waals surface area contributed by atoms with E-state index in [0.717, 1.165) is 4.90 Å². The molecular formula is C39H44F4N6O12. The summed E-state index contributed by atoms with van der Waals surface area (Å²) < 4.78 is 68.0. The van der Waals surface area contributed by atoms with Crippen molar-refractivity contribution in [3.8, 4) is 11.5 Å². The summed E-state index contributed by atoms with van der Waals surface area (Å²) >= 11 is 0. The van der Waals surface area contributed by atoms with Gasteiger partial charge in [0, 0.05) is 19.0 Å². The van der Waals surface area contributed by atoms with E-state index in [-0.39, 0.29) is 41.9 Å². The second-order valence-electron chi connectivity index (χ2n) is 14.1. The van der Waals surface area contributed by atoms with Gasteiger partial charge in [0.1, 0.15) is 35.2 Å². The average Bonchev–Trinajstić information content (AvgIpc) is 3.64. The molecule has 1 aliphatic heterocycles. The molecule has 5 atom stereocenters. The highest BCUT2D eigenvalue weighted by molar-refractivity contribution is 6.38. The smallest absolute Gasteiger partial charge is 0.339 e. The van der Waals surface area contributed by atoms with Crippen LogP contribution in [0.1, 0.15) is 84.2 Å². The van der Waals surface area contributed by atoms with E-state index in [1.165, 1.54) is 38.5 Å². The first-order valence-corrected chi connectivity index (χ1v) is 18.9. The van der Waals surface area contributed by atoms with Crippen molar-refractivity contribution < 1.29 is 75.6 Å². The molecule has 0 spiro atoms. The first-order valence-electron chi connectivity index (χ1n) is 18.9. The minimum absolute atomic E-state index is 0.122. The predicted molar refractivity (Wildman–Crippen MR) is 202 cm³/mol. The molecule has 0 saturated carbocycles. The lowest BCUT2D eigenvalue weighted by molar-refractivity contribution is -0.142. The number of ketones is 1. The number of Topliss-reactive ketones (excluding diaryl/α,β-unsaturated/α-hetero) is 1. The lowest BCUT2D eigenvalue weighted by atomic mass is 9.92. The molecule has 1 heterocycles. The summed E-state index contributed by atoms with van der Waals surface area (Å²) in [6.07, 6.45) is 1.52. The Morgan fingerprint density at radius 1 is 0.869 bits per heavy atom. The zero-order chi connectivity index (χ0) is 45.3. The number of carboxylic acids is 1. The number of halogens is 4. The molecule has 2 aromatic carbocycles. The second-order valence-corrected chi connectivity index (χ2v) is 14.1. The number of primary amides is 1. The molecule has 4 rings (SSSR count). The summed E-state index contributed by atoms with van der Waals surface area (Å²) in [6, 6.07) is -1.98. The number of nitrogens with one attached hydrogen (secondary N) is 4. The fraction of sp³-hybridized carbons (Fsp3) is 0.436. The first-order chi connectivity index (χ1) is 28.8. The van der Waals surface area contributed by atoms with Crippen molar-refractivity contribution in [3.63, 3.8) is 0 Å². The van der Waals surface area contributed by atoms with E-state index in [2.05, 4.69) is 21.3 Å². The molecule has 330 valence electrons. The molecule has 8 N–H and O–H groups in total. The molecule has 6 amide bonds. The van der Waals surface area contributed by atoms with Crippen molar-refractivity contribution in [2.45, 2.75) is 82.1 Å². The SMILES string of the molecule is CCCC(NC(=O)[C@@H]1C[C@@H](O)CN1C(=O)[C@@H](NC(=O)c1c(F)c(F)c(F)c(F)c1C(=O)O)C1=CCCCC1)C(=O)C(=O)NCC(=O)NC(C(N)=O)c1cc(OC)cc(OC)c1. The number of methoxy groups -OCH3 is 2. The van der Waals surface area contributed by atoms with Gasteiger partial charge >= 0.3 is 5.97 Å². The summed E-state index contributed by atoms with van der Waals surface area (Å²) in [5.74, 6) is -19.9. The number of amides is 6. The number of nitrogens with two attached hydrogens (primary N) is 1. The number of hydrogen-bond donors (Lipinski definition) is 7. The number of likely N-dealkylation sites (tertiary alicyclic amines) is 1. The van der Waals surface area contributed by atoms with E-state index in [9.17, 15) is 66.1 Å². The molecule has 0 radical (unpaired) electrons. The molecule has 2 unspecified atom stereocenters. The second kappa shape index (κ2) is 20.6. The maximum atomic E-state index is 14.9. The van der Waals surface area contributed by atoms with Gasteiger partial charge < -0.3 is 51.6 Å². The third-order valence-electron chi connectivity index (χ3n) is 9.93. The molecule has 1 aliphatic carbocycles. The Balaban J connectivity index is 1.51. The van der Waals surface area contributed by atoms with Crippen molar-refractivity contribution in [2.24, 2.45) is 5.73 Å². The monoisotopic (exact) mass is 864 g/mol. The number of carbonyl (C=O) groups is 8. The van der Waals surface area contributed by atoms with Crippen molar-refractivity contribution in [2.75, 3.05) is 27.3 Å². The van der Waals surface area contributed by atoms with Gasteiger partial charge in [-0.25, -0.2) is 22.4 Å². The Bertz CT molecular complexity index is 2110. The highest BCUT2D eigenvalue weighted by Gasteiger charge is 2.44. The summed E-state index contributed by atoms with van der Waals surface area (Å²) in [7, 11) is 2.72. The normalized spacial score (nSPS) is 17.5. The minimum atomic E-state index is -2.49. The van der Waals surface area contributed by atoms with E-state index in [1.54, 1.807) is 6.92 Å². The maximum Gasteiger partial charge on any atom is 0.339 e. The van der Waals surface area contributed by atoms with Crippen LogP contribution in [0.2, 0.25) is 0 Å². The van der Waals surface area contributed by atoms with Crippen LogP contribution in [0.25, 0.3) is 0 Å². The molecule has 1 saturated heterocycles. The molecule has 0 aromatic heterocycles. The van der Waals surface area contributed by atoms with Crippen LogP contribution in [0.5, 0.6) is 11.5 Å². The van der Waals surface area contributed by atoms with Crippen LogP contribution >= 0.6 is 0 Å². The maximum absolute atomic E-state index is 14.9. The summed E-state index contributed by atoms with van der Waals surface area (Å²) in [6.45, 7) is 0.270. The number of aliphatic hydroxyl groups is 1. The molecule has 18 nitrogen and oxygen atoms in total. The number of ether oxygens (including phenoxy) is 2. The van der Waals surface area contributed by atoms with E-state index in [1.807, 2.05) is 0 Å². The highest BCUT2D eigenvalue weighted by Crippen LogP contribution is 2.29. The largest absolute Gasteiger partial charge is 0.497 e. The quantitative estimate of drug-likeness (QED) is 0.0361. The number of β-amino-alcohol motifs (C(OH)–C–C–N with tert-alkyl or cyclic N) is 1. The van der Waals surface area contributed by atoms with Gasteiger partial charge in [-0.2, -0.15) is 0 Å². The van der Waals surface area contributed by atoms with Gasteiger partial charge in [-0.3, -0.25) is 33.6 Å². The molecule has 61 heavy (non-hydrogen) atoms. The van der Waals surface area contributed by atoms with Gasteiger partial charge in [0.05, 0.1) is 38.5 Å². The predicted octanol–water partition coefficient (Wildman–Crippen LogP) is 0.832. The minimum Gasteiger partial charge on any atom is -0.497 e. The van der Waals surface area contributed by atoms with Gasteiger partial charge in [-0.05, 0) is 55.4 Å². The van der Waals surface area contributed by atoms with E-state index < -0.39 is 131 Å². The lowest BCUT2D eigenvalue weighted by Gasteiger charge is -2.31. The Kier molecular flexibility index (Phi) is 15.9. The van der Waals surface area contributed by atoms with Gasteiger partial charge in [0.25, 0.3) is 11.8 Å². The standard InChI is InChI=1S/C39H44F4N6O12/c1-4-8-22(33(52)37(56)45-15-24(51)47-31(34(44)53)18-11-20(60-2)14-21(12-18)61-3)46-35(54)23-13-19(50)16-49(23)38(57)32(17-9-6-5-7-10-17)48-36(55)25-26(39(58)59)28(41)30(43)29(42)27(25)40/h9,11-12,14,19,22-23,31-32,50H,4-8,10,13,15-16H2,1-3H3,(H2,44,53)(H,45,56)(H,46,54)(H,47,51)(H,48,55)(H,58,59)/t19-,22?,23+,31?,32+/m1/s1. The van der Waals surface area contributed by atoms with Gasteiger partial charge in [-0.1, -0.05) is 19.4 Å². The fourth-order valence-corrected chi connectivity index (χ4v) is 6.92. The Labute approximate surface area is 345 Å². The Hall–Kier alpha value is -6.58. The zero-order valence-electron chi connectivity index (χ0n) is 33.1. The number of hydrogen-bond acceptors (Lipinski definition) is 11. The average molecular weight is 865 g/mol. The zero-order valence-corrected chi connectivity index (χ0v) is 33.1. The van der Waals surface area contributed by atoms with Crippen molar-refractivity contribution >= 4 is 47.2 Å². The number of aliphatic hydroxyl groups excluding tert-OH is 1. The van der Waals surface area contributed by atoms with E-state index in [4.69, 9.17) is 15.2 Å². The van der Waals surface area contributed by atoms with Gasteiger partial charge in [0.15, 0.2) is 23.3 Å². The van der Waals surface area contributed by atoms with Crippen LogP contribution in [-0.4, -0.2) is 114 Å². The number of aromatic carboxylic acids is 1. The van der Waals surface area contributed by atoms with E-state index >= 15 is 0 Å². The first kappa shape index (κ1) is 47.1. The number of nitrogens with zero attached hydrogens (tertiary/aromatic N) is 1. The molecule has 0 bridgehead atoms. The lowest BCUT2D eigenvalue weighted by Crippen LogP contribution is -2.57. The molecular weight excluding hydrogens is 820 g/mol. The number of benzene rings is 2. The number of carboxylic acid groups (broad SMARTS) is 1. The Morgan fingerprint density at radius 3 is 2.03 bits per heavy atom. The van der Waals surface area contributed by atoms with E-state index in [0.29, 0.717) is 19.3 Å². The topological polar surface area (TPSA) is 273 Å². The highest BCUT2D eigenvalue weighted by atomic mass is 19.2. The van der Waals surface area contributed by atoms with Crippen molar-refractivity contribution in [1.29, 1.82) is 0 Å². The van der Waals surface area contributed by atoms with Crippen molar-refractivity contribution in [1.82, 2.24) is 26.2 Å². The fourth-order valence-electron chi connectivity index (χ4n) is 6.92. The van der Waals surface area contributed by atoms with Gasteiger partial charge in [-0.15, -0.1) is 0 Å².